The molecule has 1 aromatic heterocycles. The van der Waals surface area contributed by atoms with Gasteiger partial charge >= 0.3 is 0 Å². The lowest BCUT2D eigenvalue weighted by Gasteiger charge is -2.02. The first kappa shape index (κ1) is 11.6. The second kappa shape index (κ2) is 4.52. The van der Waals surface area contributed by atoms with Gasteiger partial charge in [0.25, 0.3) is 0 Å². The Morgan fingerprint density at radius 3 is 2.76 bits per heavy atom. The number of nitriles is 1. The van der Waals surface area contributed by atoms with Crippen molar-refractivity contribution in [2.45, 2.75) is 0 Å². The summed E-state index contributed by atoms with van der Waals surface area (Å²) in [6.07, 6.45) is 0.564. The number of halogens is 2. The number of benzene rings is 1. The molecule has 2 rings (SSSR count). The highest BCUT2D eigenvalue weighted by Gasteiger charge is 2.13. The summed E-state index contributed by atoms with van der Waals surface area (Å²) in [4.78, 5) is 10.5. The molecule has 84 valence electrons. The molecule has 0 saturated carbocycles. The van der Waals surface area contributed by atoms with Crippen LogP contribution in [0.25, 0.3) is 11.3 Å². The highest BCUT2D eigenvalue weighted by molar-refractivity contribution is 9.10. The molecule has 1 heterocycles. The minimum absolute atomic E-state index is 0.150. The molecule has 1 aromatic carbocycles. The van der Waals surface area contributed by atoms with E-state index in [0.717, 1.165) is 6.07 Å². The van der Waals surface area contributed by atoms with Gasteiger partial charge in [-0.3, -0.25) is 4.79 Å². The first-order valence-corrected chi connectivity index (χ1v) is 5.39. The first-order chi connectivity index (χ1) is 8.15. The SMILES string of the molecule is N#Cc1cc(F)c(Br)cc1-c1ccc(C=O)o1. The topological polar surface area (TPSA) is 54.0 Å². The predicted molar refractivity (Wildman–Crippen MR) is 61.9 cm³/mol. The zero-order chi connectivity index (χ0) is 12.4. The Hall–Kier alpha value is -1.93. The fourth-order valence-corrected chi connectivity index (χ4v) is 1.75. The lowest BCUT2D eigenvalue weighted by Crippen LogP contribution is -1.87. The maximum Gasteiger partial charge on any atom is 0.185 e. The van der Waals surface area contributed by atoms with Gasteiger partial charge in [0, 0.05) is 5.56 Å². The van der Waals surface area contributed by atoms with E-state index < -0.39 is 5.82 Å². The Labute approximate surface area is 105 Å². The van der Waals surface area contributed by atoms with Gasteiger partial charge in [0.1, 0.15) is 11.6 Å². The summed E-state index contributed by atoms with van der Waals surface area (Å²) in [7, 11) is 0. The van der Waals surface area contributed by atoms with Crippen molar-refractivity contribution in [3.8, 4) is 17.4 Å². The Morgan fingerprint density at radius 1 is 1.41 bits per heavy atom. The molecular formula is C12H5BrFNO2. The van der Waals surface area contributed by atoms with Crippen LogP contribution in [0.1, 0.15) is 16.1 Å². The van der Waals surface area contributed by atoms with Crippen molar-refractivity contribution in [3.05, 3.63) is 45.9 Å². The van der Waals surface area contributed by atoms with E-state index in [1.807, 2.05) is 6.07 Å². The normalized spacial score (nSPS) is 9.94. The van der Waals surface area contributed by atoms with Gasteiger partial charge in [0.2, 0.25) is 0 Å². The Balaban J connectivity index is 2.62. The van der Waals surface area contributed by atoms with Gasteiger partial charge in [-0.15, -0.1) is 0 Å². The van der Waals surface area contributed by atoms with Gasteiger partial charge in [0.05, 0.1) is 16.1 Å². The number of furan rings is 1. The first-order valence-electron chi connectivity index (χ1n) is 4.60. The maximum atomic E-state index is 13.2. The number of rotatable bonds is 2. The zero-order valence-electron chi connectivity index (χ0n) is 8.41. The van der Waals surface area contributed by atoms with Crippen LogP contribution in [0.15, 0.2) is 33.2 Å². The molecule has 0 bridgehead atoms. The molecular weight excluding hydrogens is 289 g/mol. The van der Waals surface area contributed by atoms with E-state index in [0.29, 0.717) is 17.6 Å². The molecule has 0 fully saturated rings. The van der Waals surface area contributed by atoms with Gasteiger partial charge in [0.15, 0.2) is 12.0 Å². The molecule has 3 nitrogen and oxygen atoms in total. The van der Waals surface area contributed by atoms with Crippen LogP contribution in [0, 0.1) is 17.1 Å². The quantitative estimate of drug-likeness (QED) is 0.796. The molecule has 17 heavy (non-hydrogen) atoms. The van der Waals surface area contributed by atoms with Crippen LogP contribution in [0.2, 0.25) is 0 Å². The van der Waals surface area contributed by atoms with E-state index in [4.69, 9.17) is 9.68 Å². The minimum atomic E-state index is -0.521. The van der Waals surface area contributed by atoms with Crippen molar-refractivity contribution in [2.75, 3.05) is 0 Å². The third-order valence-corrected chi connectivity index (χ3v) is 2.80. The second-order valence-electron chi connectivity index (χ2n) is 3.24. The van der Waals surface area contributed by atoms with E-state index in [2.05, 4.69) is 15.9 Å². The smallest absolute Gasteiger partial charge is 0.185 e. The van der Waals surface area contributed by atoms with Crippen molar-refractivity contribution in [1.29, 1.82) is 5.26 Å². The van der Waals surface area contributed by atoms with Crippen molar-refractivity contribution in [1.82, 2.24) is 0 Å². The third-order valence-electron chi connectivity index (χ3n) is 2.19. The standard InChI is InChI=1S/C12H5BrFNO2/c13-10-4-9(7(5-15)3-11(10)14)12-2-1-8(6-16)17-12/h1-4,6H. The van der Waals surface area contributed by atoms with Crippen molar-refractivity contribution in [3.63, 3.8) is 0 Å². The summed E-state index contributed by atoms with van der Waals surface area (Å²) in [5.41, 5.74) is 0.589. The van der Waals surface area contributed by atoms with E-state index in [9.17, 15) is 9.18 Å². The molecule has 0 aliphatic heterocycles. The molecule has 0 aliphatic rings. The molecule has 2 aromatic rings. The van der Waals surface area contributed by atoms with Crippen molar-refractivity contribution in [2.24, 2.45) is 0 Å². The summed E-state index contributed by atoms with van der Waals surface area (Å²) < 4.78 is 18.7. The summed E-state index contributed by atoms with van der Waals surface area (Å²) in [5.74, 6) is -0.0128. The van der Waals surface area contributed by atoms with Crippen LogP contribution in [0.5, 0.6) is 0 Å². The Kier molecular flexibility index (Phi) is 3.07. The van der Waals surface area contributed by atoms with Crippen molar-refractivity contribution < 1.29 is 13.6 Å². The molecule has 5 heteroatoms. The summed E-state index contributed by atoms with van der Waals surface area (Å²) in [6.45, 7) is 0. The van der Waals surface area contributed by atoms with E-state index in [1.165, 1.54) is 12.1 Å². The largest absolute Gasteiger partial charge is 0.453 e. The zero-order valence-corrected chi connectivity index (χ0v) is 9.99. The number of hydrogen-bond acceptors (Lipinski definition) is 3. The lowest BCUT2D eigenvalue weighted by atomic mass is 10.1. The molecule has 0 spiro atoms. The molecule has 0 aliphatic carbocycles. The van der Waals surface area contributed by atoms with Crippen LogP contribution in [0.3, 0.4) is 0 Å². The lowest BCUT2D eigenvalue weighted by molar-refractivity contribution is 0.110. The minimum Gasteiger partial charge on any atom is -0.453 e. The Bertz CT molecular complexity index is 628. The van der Waals surface area contributed by atoms with Gasteiger partial charge in [-0.2, -0.15) is 5.26 Å². The monoisotopic (exact) mass is 293 g/mol. The van der Waals surface area contributed by atoms with Crippen LogP contribution in [-0.2, 0) is 0 Å². The van der Waals surface area contributed by atoms with E-state index >= 15 is 0 Å². The number of nitrogens with zero attached hydrogens (tertiary/aromatic N) is 1. The Morgan fingerprint density at radius 2 is 2.18 bits per heavy atom. The van der Waals surface area contributed by atoms with Gasteiger partial charge in [-0.1, -0.05) is 0 Å². The fraction of sp³-hybridized carbons (Fsp3) is 0. The van der Waals surface area contributed by atoms with Crippen LogP contribution in [0.4, 0.5) is 4.39 Å². The second-order valence-corrected chi connectivity index (χ2v) is 4.10. The molecule has 0 radical (unpaired) electrons. The third kappa shape index (κ3) is 2.12. The van der Waals surface area contributed by atoms with Crippen molar-refractivity contribution >= 4 is 22.2 Å². The van der Waals surface area contributed by atoms with Gasteiger partial charge < -0.3 is 4.42 Å². The van der Waals surface area contributed by atoms with E-state index in [-0.39, 0.29) is 15.8 Å². The number of aldehydes is 1. The average Bonchev–Trinajstić information content (AvgIpc) is 2.80. The fourth-order valence-electron chi connectivity index (χ4n) is 1.40. The maximum absolute atomic E-state index is 13.2. The molecule has 0 amide bonds. The van der Waals surface area contributed by atoms with E-state index in [1.54, 1.807) is 6.07 Å². The molecule has 0 saturated heterocycles. The average molecular weight is 294 g/mol. The van der Waals surface area contributed by atoms with Crippen LogP contribution in [-0.4, -0.2) is 6.29 Å². The summed E-state index contributed by atoms with van der Waals surface area (Å²) >= 11 is 3.03. The number of hydrogen-bond donors (Lipinski definition) is 0. The van der Waals surface area contributed by atoms with Crippen LogP contribution < -0.4 is 0 Å². The highest BCUT2D eigenvalue weighted by Crippen LogP contribution is 2.30. The number of carbonyl (C=O) groups excluding carboxylic acids is 1. The molecule has 0 unspecified atom stereocenters. The van der Waals surface area contributed by atoms with Crippen LogP contribution >= 0.6 is 15.9 Å². The summed E-state index contributed by atoms with van der Waals surface area (Å²) in [5, 5.41) is 8.92. The van der Waals surface area contributed by atoms with Gasteiger partial charge in [-0.05, 0) is 40.2 Å². The number of carbonyl (C=O) groups is 1. The highest BCUT2D eigenvalue weighted by atomic mass is 79.9. The molecule has 0 atom stereocenters. The summed E-state index contributed by atoms with van der Waals surface area (Å²) in [6, 6.07) is 7.49. The molecule has 0 N–H and O–H groups in total. The predicted octanol–water partition coefficient (Wildman–Crippen LogP) is 3.53. The van der Waals surface area contributed by atoms with Gasteiger partial charge in [-0.25, -0.2) is 4.39 Å².